The molecular formula is C13H25N. The second-order valence-electron chi connectivity index (χ2n) is 5.51. The van der Waals surface area contributed by atoms with Crippen LogP contribution in [0.3, 0.4) is 0 Å². The molecule has 0 heterocycles. The molecular weight excluding hydrogens is 170 g/mol. The molecule has 0 bridgehead atoms. The van der Waals surface area contributed by atoms with Gasteiger partial charge in [0, 0.05) is 0 Å². The number of hydrogen-bond acceptors (Lipinski definition) is 1. The maximum absolute atomic E-state index is 3.68. The Hall–Kier alpha value is -0.0400. The molecule has 2 saturated carbocycles. The molecule has 0 saturated heterocycles. The lowest BCUT2D eigenvalue weighted by molar-refractivity contribution is 0.363. The first-order valence-electron chi connectivity index (χ1n) is 6.52. The summed E-state index contributed by atoms with van der Waals surface area (Å²) >= 11 is 0. The highest BCUT2D eigenvalue weighted by Crippen LogP contribution is 2.48. The molecule has 14 heavy (non-hydrogen) atoms. The van der Waals surface area contributed by atoms with Crippen LogP contribution in [0.1, 0.15) is 46.0 Å². The first kappa shape index (κ1) is 10.5. The average molecular weight is 195 g/mol. The van der Waals surface area contributed by atoms with Gasteiger partial charge in [-0.1, -0.05) is 20.3 Å². The van der Waals surface area contributed by atoms with Crippen molar-refractivity contribution in [3.8, 4) is 0 Å². The van der Waals surface area contributed by atoms with Crippen LogP contribution in [-0.2, 0) is 0 Å². The summed E-state index contributed by atoms with van der Waals surface area (Å²) < 4.78 is 0. The third-order valence-electron chi connectivity index (χ3n) is 4.02. The van der Waals surface area contributed by atoms with Crippen LogP contribution in [-0.4, -0.2) is 13.1 Å². The summed E-state index contributed by atoms with van der Waals surface area (Å²) in [4.78, 5) is 0. The van der Waals surface area contributed by atoms with Crippen LogP contribution in [0.15, 0.2) is 0 Å². The SMILES string of the molecule is CCC(C)CNCC(C1CC1)C1CC1. The van der Waals surface area contributed by atoms with Crippen LogP contribution in [0, 0.1) is 23.7 Å². The molecule has 2 aliphatic carbocycles. The number of hydrogen-bond donors (Lipinski definition) is 1. The summed E-state index contributed by atoms with van der Waals surface area (Å²) in [5.74, 6) is 4.10. The molecule has 0 radical (unpaired) electrons. The van der Waals surface area contributed by atoms with Gasteiger partial charge < -0.3 is 5.32 Å². The van der Waals surface area contributed by atoms with Crippen LogP contribution in [0.25, 0.3) is 0 Å². The van der Waals surface area contributed by atoms with E-state index in [0.29, 0.717) is 0 Å². The third-order valence-corrected chi connectivity index (χ3v) is 4.02. The monoisotopic (exact) mass is 195 g/mol. The van der Waals surface area contributed by atoms with E-state index in [0.717, 1.165) is 23.7 Å². The van der Waals surface area contributed by atoms with Gasteiger partial charge in [0.2, 0.25) is 0 Å². The fourth-order valence-electron chi connectivity index (χ4n) is 2.41. The standard InChI is InChI=1S/C13H25N/c1-3-10(2)8-14-9-13(11-4-5-11)12-6-7-12/h10-14H,3-9H2,1-2H3. The van der Waals surface area contributed by atoms with Gasteiger partial charge in [-0.2, -0.15) is 0 Å². The molecule has 0 aromatic heterocycles. The minimum absolute atomic E-state index is 0.856. The highest BCUT2D eigenvalue weighted by Gasteiger charge is 2.40. The van der Waals surface area contributed by atoms with Gasteiger partial charge in [0.15, 0.2) is 0 Å². The Kier molecular flexibility index (Phi) is 3.48. The maximum atomic E-state index is 3.68. The Morgan fingerprint density at radius 1 is 1.07 bits per heavy atom. The van der Waals surface area contributed by atoms with E-state index in [-0.39, 0.29) is 0 Å². The normalized spacial score (nSPS) is 24.2. The predicted octanol–water partition coefficient (Wildman–Crippen LogP) is 3.06. The fourth-order valence-corrected chi connectivity index (χ4v) is 2.41. The van der Waals surface area contributed by atoms with Crippen LogP contribution in [0.4, 0.5) is 0 Å². The zero-order chi connectivity index (χ0) is 9.97. The molecule has 0 amide bonds. The van der Waals surface area contributed by atoms with Crippen LogP contribution in [0.5, 0.6) is 0 Å². The van der Waals surface area contributed by atoms with Crippen LogP contribution in [0.2, 0.25) is 0 Å². The predicted molar refractivity (Wildman–Crippen MR) is 61.3 cm³/mol. The summed E-state index contributed by atoms with van der Waals surface area (Å²) in [6.45, 7) is 7.16. The van der Waals surface area contributed by atoms with Crippen molar-refractivity contribution in [2.24, 2.45) is 23.7 Å². The average Bonchev–Trinajstić information content (AvgIpc) is 3.03. The summed E-state index contributed by atoms with van der Waals surface area (Å²) in [5, 5.41) is 3.68. The van der Waals surface area contributed by atoms with E-state index in [1.807, 2.05) is 0 Å². The van der Waals surface area contributed by atoms with Crippen molar-refractivity contribution in [2.75, 3.05) is 13.1 Å². The molecule has 0 spiro atoms. The molecule has 2 aliphatic rings. The van der Waals surface area contributed by atoms with Gasteiger partial charge in [0.05, 0.1) is 0 Å². The zero-order valence-corrected chi connectivity index (χ0v) is 9.76. The van der Waals surface area contributed by atoms with E-state index in [1.165, 1.54) is 45.2 Å². The third kappa shape index (κ3) is 2.98. The van der Waals surface area contributed by atoms with E-state index in [1.54, 1.807) is 0 Å². The molecule has 1 atom stereocenters. The van der Waals surface area contributed by atoms with Crippen molar-refractivity contribution in [1.29, 1.82) is 0 Å². The second kappa shape index (κ2) is 4.65. The molecule has 2 rings (SSSR count). The fraction of sp³-hybridized carbons (Fsp3) is 1.00. The van der Waals surface area contributed by atoms with Gasteiger partial charge in [-0.15, -0.1) is 0 Å². The van der Waals surface area contributed by atoms with E-state index in [2.05, 4.69) is 19.2 Å². The molecule has 1 unspecified atom stereocenters. The minimum atomic E-state index is 0.856. The smallest absolute Gasteiger partial charge is 0.00151 e. The molecule has 1 nitrogen and oxygen atoms in total. The molecule has 0 aromatic rings. The van der Waals surface area contributed by atoms with Crippen molar-refractivity contribution in [3.05, 3.63) is 0 Å². The molecule has 1 heteroatoms. The summed E-state index contributed by atoms with van der Waals surface area (Å²) in [7, 11) is 0. The Balaban J connectivity index is 1.62. The molecule has 1 N–H and O–H groups in total. The van der Waals surface area contributed by atoms with Gasteiger partial charge in [-0.25, -0.2) is 0 Å². The summed E-state index contributed by atoms with van der Waals surface area (Å²) in [6.07, 6.45) is 7.39. The highest BCUT2D eigenvalue weighted by molar-refractivity contribution is 4.92. The van der Waals surface area contributed by atoms with Gasteiger partial charge in [-0.3, -0.25) is 0 Å². The van der Waals surface area contributed by atoms with E-state index in [9.17, 15) is 0 Å². The lowest BCUT2D eigenvalue weighted by atomic mass is 9.97. The van der Waals surface area contributed by atoms with Crippen LogP contribution < -0.4 is 5.32 Å². The lowest BCUT2D eigenvalue weighted by Gasteiger charge is -2.17. The van der Waals surface area contributed by atoms with Gasteiger partial charge in [-0.05, 0) is 62.4 Å². The Morgan fingerprint density at radius 3 is 2.07 bits per heavy atom. The van der Waals surface area contributed by atoms with Crippen molar-refractivity contribution in [3.63, 3.8) is 0 Å². The zero-order valence-electron chi connectivity index (χ0n) is 9.76. The van der Waals surface area contributed by atoms with E-state index in [4.69, 9.17) is 0 Å². The van der Waals surface area contributed by atoms with Gasteiger partial charge in [0.1, 0.15) is 0 Å². The van der Waals surface area contributed by atoms with Crippen LogP contribution >= 0.6 is 0 Å². The summed E-state index contributed by atoms with van der Waals surface area (Å²) in [6, 6.07) is 0. The Bertz CT molecular complexity index is 158. The van der Waals surface area contributed by atoms with Crippen molar-refractivity contribution >= 4 is 0 Å². The molecule has 82 valence electrons. The topological polar surface area (TPSA) is 12.0 Å². The maximum Gasteiger partial charge on any atom is -0.00151 e. The number of nitrogens with one attached hydrogen (secondary N) is 1. The second-order valence-corrected chi connectivity index (χ2v) is 5.51. The van der Waals surface area contributed by atoms with Crippen molar-refractivity contribution in [1.82, 2.24) is 5.32 Å². The highest BCUT2D eigenvalue weighted by atomic mass is 14.9. The Labute approximate surface area is 88.7 Å². The first-order valence-corrected chi connectivity index (χ1v) is 6.52. The molecule has 2 fully saturated rings. The molecule has 0 aliphatic heterocycles. The van der Waals surface area contributed by atoms with E-state index >= 15 is 0 Å². The van der Waals surface area contributed by atoms with Crippen molar-refractivity contribution in [2.45, 2.75) is 46.0 Å². The quantitative estimate of drug-likeness (QED) is 0.658. The summed E-state index contributed by atoms with van der Waals surface area (Å²) in [5.41, 5.74) is 0. The van der Waals surface area contributed by atoms with Gasteiger partial charge in [0.25, 0.3) is 0 Å². The molecule has 0 aromatic carbocycles. The van der Waals surface area contributed by atoms with Gasteiger partial charge >= 0.3 is 0 Å². The van der Waals surface area contributed by atoms with E-state index < -0.39 is 0 Å². The van der Waals surface area contributed by atoms with Crippen molar-refractivity contribution < 1.29 is 0 Å². The largest absolute Gasteiger partial charge is 0.316 e. The Morgan fingerprint density at radius 2 is 1.64 bits per heavy atom. The first-order chi connectivity index (χ1) is 6.81. The number of rotatable bonds is 7. The minimum Gasteiger partial charge on any atom is -0.316 e. The lowest BCUT2D eigenvalue weighted by Crippen LogP contribution is -2.29.